The molecule has 0 fully saturated rings. The van der Waals surface area contributed by atoms with Crippen molar-refractivity contribution in [1.82, 2.24) is 14.2 Å². The van der Waals surface area contributed by atoms with Crippen LogP contribution in [0.25, 0.3) is 10.2 Å². The number of nitrogens with zero attached hydrogens (tertiary/aromatic N) is 3. The number of fused-ring (bicyclic) bond motifs is 2. The van der Waals surface area contributed by atoms with E-state index in [1.54, 1.807) is 36.4 Å². The zero-order valence-electron chi connectivity index (χ0n) is 20.2. The Bertz CT molecular complexity index is 1370. The maximum atomic E-state index is 13.3. The molecule has 0 spiro atoms. The van der Waals surface area contributed by atoms with Crippen molar-refractivity contribution >= 4 is 54.4 Å². The summed E-state index contributed by atoms with van der Waals surface area (Å²) in [6, 6.07) is 11.2. The van der Waals surface area contributed by atoms with Crippen molar-refractivity contribution in [1.29, 1.82) is 0 Å². The van der Waals surface area contributed by atoms with Gasteiger partial charge in [0.1, 0.15) is 6.54 Å². The van der Waals surface area contributed by atoms with Crippen LogP contribution in [0.5, 0.6) is 0 Å². The Morgan fingerprint density at radius 1 is 1.00 bits per heavy atom. The molecule has 0 atom stereocenters. The maximum Gasteiger partial charge on any atom is 0.262 e. The summed E-state index contributed by atoms with van der Waals surface area (Å²) in [6.45, 7) is 4.56. The number of imide groups is 1. The summed E-state index contributed by atoms with van der Waals surface area (Å²) in [4.78, 5) is 43.1. The van der Waals surface area contributed by atoms with E-state index in [-0.39, 0.29) is 21.2 Å². The van der Waals surface area contributed by atoms with Gasteiger partial charge in [-0.3, -0.25) is 19.3 Å². The monoisotopic (exact) mass is 528 g/mol. The second-order valence-electron chi connectivity index (χ2n) is 8.55. The summed E-state index contributed by atoms with van der Waals surface area (Å²) >= 11 is 1.14. The molecule has 2 aromatic carbocycles. The molecule has 11 heteroatoms. The van der Waals surface area contributed by atoms with Crippen molar-refractivity contribution in [2.75, 3.05) is 25.0 Å². The topological polar surface area (TPSA) is 117 Å². The van der Waals surface area contributed by atoms with Crippen molar-refractivity contribution < 1.29 is 22.8 Å². The molecule has 0 unspecified atom stereocenters. The van der Waals surface area contributed by atoms with E-state index in [1.165, 1.54) is 10.4 Å². The highest BCUT2D eigenvalue weighted by molar-refractivity contribution is 7.89. The van der Waals surface area contributed by atoms with Crippen LogP contribution in [-0.2, 0) is 14.8 Å². The highest BCUT2D eigenvalue weighted by Gasteiger charge is 2.36. The van der Waals surface area contributed by atoms with Gasteiger partial charge in [-0.25, -0.2) is 13.4 Å². The van der Waals surface area contributed by atoms with Crippen molar-refractivity contribution in [3.05, 3.63) is 53.6 Å². The molecule has 190 valence electrons. The molecule has 0 aliphatic carbocycles. The minimum Gasteiger partial charge on any atom is -0.300 e. The number of unbranched alkanes of at least 4 members (excludes halogenated alkanes) is 2. The average Bonchev–Trinajstić information content (AvgIpc) is 3.37. The minimum atomic E-state index is -3.66. The number of sulfonamides is 1. The van der Waals surface area contributed by atoms with Crippen LogP contribution in [0.3, 0.4) is 0 Å². The lowest BCUT2D eigenvalue weighted by Crippen LogP contribution is -2.37. The number of amides is 3. The van der Waals surface area contributed by atoms with Gasteiger partial charge in [0.05, 0.1) is 26.2 Å². The number of nitrogens with one attached hydrogen (secondary N) is 1. The predicted molar refractivity (Wildman–Crippen MR) is 139 cm³/mol. The number of carbonyl (C=O) groups is 3. The zero-order chi connectivity index (χ0) is 25.9. The second kappa shape index (κ2) is 10.9. The van der Waals surface area contributed by atoms with Crippen LogP contribution < -0.4 is 5.32 Å². The lowest BCUT2D eigenvalue weighted by atomic mass is 10.1. The Hall–Kier alpha value is -3.15. The lowest BCUT2D eigenvalue weighted by molar-refractivity contribution is -0.116. The first-order chi connectivity index (χ1) is 17.3. The first-order valence-electron chi connectivity index (χ1n) is 11.9. The molecule has 1 aliphatic heterocycles. The fraction of sp³-hybridized carbons (Fsp3) is 0.360. The lowest BCUT2D eigenvalue weighted by Gasteiger charge is -2.21. The molecule has 4 rings (SSSR count). The Kier molecular flexibility index (Phi) is 7.82. The second-order valence-corrected chi connectivity index (χ2v) is 11.5. The Labute approximate surface area is 214 Å². The van der Waals surface area contributed by atoms with Crippen LogP contribution >= 0.6 is 11.3 Å². The van der Waals surface area contributed by atoms with Gasteiger partial charge in [0.15, 0.2) is 5.13 Å². The summed E-state index contributed by atoms with van der Waals surface area (Å²) in [6.07, 6.45) is 3.37. The van der Waals surface area contributed by atoms with E-state index < -0.39 is 34.3 Å². The van der Waals surface area contributed by atoms with Gasteiger partial charge in [0.2, 0.25) is 15.9 Å². The maximum absolute atomic E-state index is 13.3. The van der Waals surface area contributed by atoms with Crippen LogP contribution in [0.1, 0.15) is 60.2 Å². The predicted octanol–water partition coefficient (Wildman–Crippen LogP) is 4.12. The van der Waals surface area contributed by atoms with E-state index in [9.17, 15) is 22.8 Å². The smallest absolute Gasteiger partial charge is 0.262 e. The SMILES string of the molecule is CCCCN(CCCC)S(=O)(=O)c1ccc2nc(NC(=O)CN3C(=O)c4ccccc4C3=O)sc2c1. The summed E-state index contributed by atoms with van der Waals surface area (Å²) in [5, 5.41) is 2.88. The van der Waals surface area contributed by atoms with E-state index in [0.29, 0.717) is 23.3 Å². The third-order valence-electron chi connectivity index (χ3n) is 5.95. The quantitative estimate of drug-likeness (QED) is 0.374. The average molecular weight is 529 g/mol. The van der Waals surface area contributed by atoms with Gasteiger partial charge in [-0.15, -0.1) is 0 Å². The molecule has 0 radical (unpaired) electrons. The molecule has 1 aliphatic rings. The molecule has 0 saturated carbocycles. The summed E-state index contributed by atoms with van der Waals surface area (Å²) in [5.41, 5.74) is 1.09. The summed E-state index contributed by atoms with van der Waals surface area (Å²) < 4.78 is 28.7. The van der Waals surface area contributed by atoms with Crippen LogP contribution in [0.15, 0.2) is 47.4 Å². The van der Waals surface area contributed by atoms with E-state index in [4.69, 9.17) is 0 Å². The minimum absolute atomic E-state index is 0.190. The molecular formula is C25H28N4O5S2. The Morgan fingerprint density at radius 3 is 2.19 bits per heavy atom. The van der Waals surface area contributed by atoms with Crippen molar-refractivity contribution in [2.24, 2.45) is 0 Å². The van der Waals surface area contributed by atoms with E-state index in [1.807, 2.05) is 13.8 Å². The molecule has 0 bridgehead atoms. The standard InChI is InChI=1S/C25H28N4O5S2/c1-3-5-13-28(14-6-4-2)36(33,34)17-11-12-20-21(15-17)35-25(26-20)27-22(30)16-29-23(31)18-9-7-8-10-19(18)24(29)32/h7-12,15H,3-6,13-14,16H2,1-2H3,(H,26,27,30). The number of anilines is 1. The van der Waals surface area contributed by atoms with Crippen LogP contribution in [0.4, 0.5) is 5.13 Å². The molecule has 1 N–H and O–H groups in total. The third kappa shape index (κ3) is 5.18. The molecule has 3 aromatic rings. The Balaban J connectivity index is 1.49. The number of rotatable bonds is 11. The largest absolute Gasteiger partial charge is 0.300 e. The molecule has 1 aromatic heterocycles. The van der Waals surface area contributed by atoms with Crippen molar-refractivity contribution in [3.8, 4) is 0 Å². The van der Waals surface area contributed by atoms with Gasteiger partial charge in [-0.1, -0.05) is 50.2 Å². The number of aromatic nitrogens is 1. The molecule has 2 heterocycles. The van der Waals surface area contributed by atoms with Crippen LogP contribution in [-0.4, -0.2) is 60.0 Å². The molecule has 0 saturated heterocycles. The summed E-state index contributed by atoms with van der Waals surface area (Å²) in [7, 11) is -3.66. The fourth-order valence-corrected chi connectivity index (χ4v) is 6.51. The van der Waals surface area contributed by atoms with Gasteiger partial charge >= 0.3 is 0 Å². The van der Waals surface area contributed by atoms with Crippen LogP contribution in [0.2, 0.25) is 0 Å². The molecule has 3 amide bonds. The Morgan fingerprint density at radius 2 is 1.61 bits per heavy atom. The number of thiazole rings is 1. The zero-order valence-corrected chi connectivity index (χ0v) is 21.8. The molecule has 9 nitrogen and oxygen atoms in total. The first-order valence-corrected chi connectivity index (χ1v) is 14.2. The van der Waals surface area contributed by atoms with E-state index >= 15 is 0 Å². The van der Waals surface area contributed by atoms with E-state index in [0.717, 1.165) is 41.9 Å². The number of benzene rings is 2. The highest BCUT2D eigenvalue weighted by Crippen LogP contribution is 2.30. The number of carbonyl (C=O) groups excluding carboxylic acids is 3. The van der Waals surface area contributed by atoms with Crippen LogP contribution in [0, 0.1) is 0 Å². The van der Waals surface area contributed by atoms with E-state index in [2.05, 4.69) is 10.3 Å². The first kappa shape index (κ1) is 25.9. The van der Waals surface area contributed by atoms with Gasteiger partial charge in [0, 0.05) is 13.1 Å². The molecule has 36 heavy (non-hydrogen) atoms. The third-order valence-corrected chi connectivity index (χ3v) is 8.77. The molecular weight excluding hydrogens is 500 g/mol. The number of hydrogen-bond acceptors (Lipinski definition) is 7. The van der Waals surface area contributed by atoms with Gasteiger partial charge in [0.25, 0.3) is 11.8 Å². The highest BCUT2D eigenvalue weighted by atomic mass is 32.2. The van der Waals surface area contributed by atoms with Gasteiger partial charge in [-0.2, -0.15) is 4.31 Å². The summed E-state index contributed by atoms with van der Waals surface area (Å²) in [5.74, 6) is -1.59. The normalized spacial score (nSPS) is 13.6. The van der Waals surface area contributed by atoms with Crippen molar-refractivity contribution in [3.63, 3.8) is 0 Å². The number of hydrogen-bond donors (Lipinski definition) is 1. The van der Waals surface area contributed by atoms with Gasteiger partial charge in [-0.05, 0) is 43.2 Å². The van der Waals surface area contributed by atoms with Gasteiger partial charge < -0.3 is 5.32 Å². The van der Waals surface area contributed by atoms with Crippen molar-refractivity contribution in [2.45, 2.75) is 44.4 Å². The fourth-order valence-electron chi connectivity index (χ4n) is 3.97.